The molecule has 0 unspecified atom stereocenters. The maximum Gasteiger partial charge on any atom is 0.126 e. The summed E-state index contributed by atoms with van der Waals surface area (Å²) in [5.41, 5.74) is 12.1. The minimum atomic E-state index is -0.138. The quantitative estimate of drug-likeness (QED) is 0.155. The van der Waals surface area contributed by atoms with Gasteiger partial charge in [0.2, 0.25) is 0 Å². The van der Waals surface area contributed by atoms with Crippen LogP contribution in [0.25, 0.3) is 0 Å². The summed E-state index contributed by atoms with van der Waals surface area (Å²) in [7, 11) is 0. The number of fused-ring (bicyclic) bond motifs is 8. The fraction of sp³-hybridized carbons (Fsp3) is 0.538. The Balaban J connectivity index is 1.93. The van der Waals surface area contributed by atoms with Crippen LogP contribution in [0.5, 0.6) is 23.0 Å². The molecular weight excluding hydrogens is 689 g/mol. The smallest absolute Gasteiger partial charge is 0.126 e. The zero-order valence-electron chi connectivity index (χ0n) is 37.4. The van der Waals surface area contributed by atoms with Crippen molar-refractivity contribution in [3.63, 3.8) is 0 Å². The second-order valence-corrected chi connectivity index (χ2v) is 20.6. The van der Waals surface area contributed by atoms with Gasteiger partial charge in [0, 0.05) is 25.7 Å². The van der Waals surface area contributed by atoms with Gasteiger partial charge in [0.1, 0.15) is 23.0 Å². The summed E-state index contributed by atoms with van der Waals surface area (Å²) >= 11 is 0. The first kappa shape index (κ1) is 43.2. The molecule has 0 radical (unpaired) electrons. The van der Waals surface area contributed by atoms with Crippen molar-refractivity contribution in [2.24, 2.45) is 0 Å². The minimum Gasteiger partial charge on any atom is -0.507 e. The summed E-state index contributed by atoms with van der Waals surface area (Å²) in [5, 5.41) is 24.8. The van der Waals surface area contributed by atoms with Crippen LogP contribution in [0.1, 0.15) is 189 Å². The highest BCUT2D eigenvalue weighted by atomic mass is 16.5. The van der Waals surface area contributed by atoms with Gasteiger partial charge in [-0.25, -0.2) is 0 Å². The predicted octanol–water partition coefficient (Wildman–Crippen LogP) is 13.3. The number of hydrogen-bond acceptors (Lipinski definition) is 4. The first-order valence-corrected chi connectivity index (χ1v) is 21.3. The van der Waals surface area contributed by atoms with Crippen LogP contribution in [0.3, 0.4) is 0 Å². The predicted molar refractivity (Wildman–Crippen MR) is 236 cm³/mol. The molecule has 8 bridgehead atoms. The largest absolute Gasteiger partial charge is 0.507 e. The summed E-state index contributed by atoms with van der Waals surface area (Å²) in [6, 6.07) is 18.0. The second kappa shape index (κ2) is 16.5. The van der Waals surface area contributed by atoms with Crippen LogP contribution in [0.15, 0.2) is 48.5 Å². The van der Waals surface area contributed by atoms with Gasteiger partial charge >= 0.3 is 0 Å². The van der Waals surface area contributed by atoms with E-state index in [1.807, 2.05) is 0 Å². The van der Waals surface area contributed by atoms with Crippen LogP contribution in [0, 0.1) is 0 Å². The monoisotopic (exact) mass is 761 g/mol. The Morgan fingerprint density at radius 2 is 0.607 bits per heavy atom. The van der Waals surface area contributed by atoms with E-state index in [1.54, 1.807) is 0 Å². The van der Waals surface area contributed by atoms with Crippen LogP contribution < -0.4 is 9.47 Å². The van der Waals surface area contributed by atoms with E-state index >= 15 is 0 Å². The average Bonchev–Trinajstić information content (AvgIpc) is 3.07. The van der Waals surface area contributed by atoms with Gasteiger partial charge in [-0.05, 0) is 101 Å². The third-order valence-corrected chi connectivity index (χ3v) is 11.5. The van der Waals surface area contributed by atoms with E-state index < -0.39 is 0 Å². The fourth-order valence-electron chi connectivity index (χ4n) is 7.65. The molecule has 4 aromatic carbocycles. The van der Waals surface area contributed by atoms with Gasteiger partial charge in [0.25, 0.3) is 0 Å². The molecule has 1 aliphatic rings. The van der Waals surface area contributed by atoms with Gasteiger partial charge in [-0.15, -0.1) is 0 Å². The molecule has 0 heterocycles. The van der Waals surface area contributed by atoms with Crippen LogP contribution >= 0.6 is 0 Å². The van der Waals surface area contributed by atoms with Crippen LogP contribution in [-0.4, -0.2) is 23.4 Å². The Bertz CT molecular complexity index is 1780. The van der Waals surface area contributed by atoms with Crippen molar-refractivity contribution in [1.82, 2.24) is 0 Å². The van der Waals surface area contributed by atoms with Crippen molar-refractivity contribution >= 4 is 0 Å². The Morgan fingerprint density at radius 3 is 0.804 bits per heavy atom. The minimum absolute atomic E-state index is 0.130. The molecule has 4 heteroatoms. The molecule has 1 aliphatic carbocycles. The lowest BCUT2D eigenvalue weighted by Gasteiger charge is -2.28. The van der Waals surface area contributed by atoms with E-state index in [4.69, 9.17) is 9.47 Å². The van der Waals surface area contributed by atoms with Crippen molar-refractivity contribution in [1.29, 1.82) is 0 Å². The van der Waals surface area contributed by atoms with Gasteiger partial charge in [-0.3, -0.25) is 0 Å². The van der Waals surface area contributed by atoms with Crippen LogP contribution in [0.2, 0.25) is 0 Å². The maximum absolute atomic E-state index is 12.4. The molecule has 0 atom stereocenters. The van der Waals surface area contributed by atoms with Crippen LogP contribution in [0.4, 0.5) is 0 Å². The fourth-order valence-corrected chi connectivity index (χ4v) is 7.65. The Hall–Kier alpha value is -3.92. The molecule has 0 aromatic heterocycles. The summed E-state index contributed by atoms with van der Waals surface area (Å²) in [6.07, 6.45) is 6.03. The van der Waals surface area contributed by atoms with Crippen molar-refractivity contribution < 1.29 is 19.7 Å². The van der Waals surface area contributed by atoms with E-state index in [0.717, 1.165) is 81.7 Å². The molecule has 304 valence electrons. The molecule has 0 saturated carbocycles. The van der Waals surface area contributed by atoms with E-state index in [-0.39, 0.29) is 21.7 Å². The Kier molecular flexibility index (Phi) is 12.7. The van der Waals surface area contributed by atoms with E-state index in [2.05, 4.69) is 145 Å². The molecule has 2 N–H and O–H groups in total. The molecule has 0 amide bonds. The highest BCUT2D eigenvalue weighted by Crippen LogP contribution is 2.44. The molecule has 0 spiro atoms. The molecule has 0 saturated heterocycles. The van der Waals surface area contributed by atoms with Gasteiger partial charge in [-0.1, -0.05) is 158 Å². The summed E-state index contributed by atoms with van der Waals surface area (Å²) < 4.78 is 13.6. The van der Waals surface area contributed by atoms with Crippen molar-refractivity contribution in [2.45, 2.75) is 170 Å². The summed E-state index contributed by atoms with van der Waals surface area (Å²) in [6.45, 7) is 32.6. The lowest BCUT2D eigenvalue weighted by molar-refractivity contribution is 0.303. The third-order valence-electron chi connectivity index (χ3n) is 11.5. The molecule has 5 rings (SSSR count). The highest BCUT2D eigenvalue weighted by molar-refractivity contribution is 5.59. The van der Waals surface area contributed by atoms with E-state index in [1.165, 1.54) is 22.3 Å². The maximum atomic E-state index is 12.4. The number of benzene rings is 4. The first-order chi connectivity index (χ1) is 26.0. The highest BCUT2D eigenvalue weighted by Gasteiger charge is 2.28. The zero-order valence-corrected chi connectivity index (χ0v) is 37.4. The third kappa shape index (κ3) is 9.96. The SMILES string of the molecule is CCCCOc1c2cc(C(C)(C)C)cc1Cc1cc(C(C)(C)C)cc(c1O)Cc1cc(C(C)(C)C)cc(c1OCCCC)Cc1cc(C(C)(C)C)cc(c1O)C2. The van der Waals surface area contributed by atoms with Crippen molar-refractivity contribution in [2.75, 3.05) is 13.2 Å². The standard InChI is InChI=1S/C52H72O4/c1-15-17-19-55-47-37-21-33-25-41(49(3,4)5)27-35(45(33)53)23-39-31-44(52(12,13)14)32-40(48(39)56-20-18-16-2)24-36-28-42(50(6,7)8)26-34(46(36)54)22-38(47)30-43(29-37)51(9,10)11/h25-32,53-54H,15-24H2,1-14H3. The Labute approximate surface area is 340 Å². The first-order valence-electron chi connectivity index (χ1n) is 21.3. The number of ether oxygens (including phenoxy) is 2. The summed E-state index contributed by atoms with van der Waals surface area (Å²) in [5.74, 6) is 2.42. The van der Waals surface area contributed by atoms with Crippen molar-refractivity contribution in [3.05, 3.63) is 115 Å². The number of phenols is 2. The summed E-state index contributed by atoms with van der Waals surface area (Å²) in [4.78, 5) is 0. The normalized spacial score (nSPS) is 13.8. The number of aromatic hydroxyl groups is 2. The molecule has 0 aliphatic heterocycles. The van der Waals surface area contributed by atoms with Gasteiger partial charge < -0.3 is 19.7 Å². The van der Waals surface area contributed by atoms with Crippen molar-refractivity contribution in [3.8, 4) is 23.0 Å². The van der Waals surface area contributed by atoms with E-state index in [0.29, 0.717) is 50.4 Å². The lowest BCUT2D eigenvalue weighted by atomic mass is 9.79. The Morgan fingerprint density at radius 1 is 0.393 bits per heavy atom. The average molecular weight is 761 g/mol. The molecule has 4 nitrogen and oxygen atoms in total. The van der Waals surface area contributed by atoms with Crippen LogP contribution in [-0.2, 0) is 47.3 Å². The number of rotatable bonds is 8. The molecular formula is C52H72O4. The number of unbranched alkanes of at least 4 members (excludes halogenated alkanes) is 2. The van der Waals surface area contributed by atoms with E-state index in [9.17, 15) is 10.2 Å². The number of hydrogen-bond donors (Lipinski definition) is 2. The van der Waals surface area contributed by atoms with Gasteiger partial charge in [0.15, 0.2) is 0 Å². The molecule has 4 aromatic rings. The molecule has 0 fully saturated rings. The van der Waals surface area contributed by atoms with Gasteiger partial charge in [0.05, 0.1) is 13.2 Å². The lowest BCUT2D eigenvalue weighted by Crippen LogP contribution is -2.17. The second-order valence-electron chi connectivity index (χ2n) is 20.6. The van der Waals surface area contributed by atoms with Gasteiger partial charge in [-0.2, -0.15) is 0 Å². The number of phenolic OH excluding ortho intramolecular Hbond substituents is 2. The zero-order chi connectivity index (χ0) is 41.4. The topological polar surface area (TPSA) is 58.9 Å². The molecule has 56 heavy (non-hydrogen) atoms.